The van der Waals surface area contributed by atoms with Gasteiger partial charge in [-0.05, 0) is 46.6 Å². The van der Waals surface area contributed by atoms with E-state index in [2.05, 4.69) is 25.9 Å². The topological polar surface area (TPSA) is 64.5 Å². The van der Waals surface area contributed by atoms with Crippen LogP contribution < -0.4 is 4.74 Å². The first-order chi connectivity index (χ1) is 14.3. The van der Waals surface area contributed by atoms with Crippen molar-refractivity contribution in [3.8, 4) is 5.88 Å². The van der Waals surface area contributed by atoms with Crippen molar-refractivity contribution in [2.45, 2.75) is 32.8 Å². The van der Waals surface area contributed by atoms with E-state index in [1.165, 1.54) is 12.1 Å². The van der Waals surface area contributed by atoms with Gasteiger partial charge in [0, 0.05) is 30.3 Å². The highest BCUT2D eigenvalue weighted by molar-refractivity contribution is 9.10. The summed E-state index contributed by atoms with van der Waals surface area (Å²) >= 11 is 3.15. The molecule has 8 heteroatoms. The van der Waals surface area contributed by atoms with E-state index in [-0.39, 0.29) is 23.7 Å². The van der Waals surface area contributed by atoms with Gasteiger partial charge in [-0.2, -0.15) is 4.98 Å². The Morgan fingerprint density at radius 3 is 2.93 bits per heavy atom. The highest BCUT2D eigenvalue weighted by atomic mass is 79.9. The van der Waals surface area contributed by atoms with Crippen LogP contribution in [0.1, 0.15) is 36.8 Å². The van der Waals surface area contributed by atoms with Crippen molar-refractivity contribution in [3.63, 3.8) is 0 Å². The summed E-state index contributed by atoms with van der Waals surface area (Å²) in [6.45, 7) is 7.65. The normalized spacial score (nSPS) is 17.0. The van der Waals surface area contributed by atoms with Gasteiger partial charge in [0.25, 0.3) is 0 Å². The van der Waals surface area contributed by atoms with Crippen molar-refractivity contribution < 1.29 is 18.7 Å². The van der Waals surface area contributed by atoms with E-state index >= 15 is 0 Å². The van der Waals surface area contributed by atoms with Gasteiger partial charge in [-0.25, -0.2) is 9.37 Å². The number of rotatable bonds is 6. The molecule has 2 heterocycles. The zero-order chi connectivity index (χ0) is 21.7. The van der Waals surface area contributed by atoms with E-state index in [1.807, 2.05) is 20.8 Å². The molecule has 1 aromatic carbocycles. The number of hydrogen-bond acceptors (Lipinski definition) is 5. The Hall–Kier alpha value is -2.32. The second-order valence-electron chi connectivity index (χ2n) is 7.46. The molecule has 0 aliphatic carbocycles. The zero-order valence-corrected chi connectivity index (χ0v) is 18.9. The number of nitrogens with zero attached hydrogens (tertiary/aromatic N) is 3. The number of benzene rings is 1. The summed E-state index contributed by atoms with van der Waals surface area (Å²) in [4.78, 5) is 23.1. The van der Waals surface area contributed by atoms with E-state index < -0.39 is 0 Å². The molecule has 1 unspecified atom stereocenters. The SMILES string of the molecule is Cc1cc(OCC2CN(C(=O)C=Cc3ccc(F)c(Br)c3)CCO2)nc(C(C)C)n1. The van der Waals surface area contributed by atoms with Crippen LogP contribution in [-0.2, 0) is 9.53 Å². The van der Waals surface area contributed by atoms with Crippen molar-refractivity contribution in [2.75, 3.05) is 26.3 Å². The van der Waals surface area contributed by atoms with Crippen LogP contribution in [0.3, 0.4) is 0 Å². The van der Waals surface area contributed by atoms with Crippen LogP contribution in [0.2, 0.25) is 0 Å². The minimum absolute atomic E-state index is 0.122. The van der Waals surface area contributed by atoms with Gasteiger partial charge in [-0.3, -0.25) is 4.79 Å². The van der Waals surface area contributed by atoms with Crippen molar-refractivity contribution in [1.82, 2.24) is 14.9 Å². The molecule has 0 radical (unpaired) electrons. The fraction of sp³-hybridized carbons (Fsp3) is 0.409. The third-order valence-electron chi connectivity index (χ3n) is 4.59. The molecule has 160 valence electrons. The standard InChI is InChI=1S/C22H25BrFN3O3/c1-14(2)22-25-15(3)10-20(26-22)30-13-17-12-27(8-9-29-17)21(28)7-5-16-4-6-19(24)18(23)11-16/h4-7,10-11,14,17H,8-9,12-13H2,1-3H3. The van der Waals surface area contributed by atoms with Gasteiger partial charge in [-0.1, -0.05) is 19.9 Å². The number of ether oxygens (including phenoxy) is 2. The average molecular weight is 478 g/mol. The third kappa shape index (κ3) is 6.09. The van der Waals surface area contributed by atoms with Crippen LogP contribution in [0.25, 0.3) is 6.08 Å². The maximum absolute atomic E-state index is 13.3. The summed E-state index contributed by atoms with van der Waals surface area (Å²) in [6, 6.07) is 6.40. The monoisotopic (exact) mass is 477 g/mol. The number of aryl methyl sites for hydroxylation is 1. The highest BCUT2D eigenvalue weighted by Crippen LogP contribution is 2.18. The Kier molecular flexibility index (Phi) is 7.55. The predicted molar refractivity (Wildman–Crippen MR) is 116 cm³/mol. The lowest BCUT2D eigenvalue weighted by molar-refractivity contribution is -0.134. The van der Waals surface area contributed by atoms with Gasteiger partial charge >= 0.3 is 0 Å². The molecule has 3 rings (SSSR count). The molecule has 1 saturated heterocycles. The molecule has 1 aromatic heterocycles. The molecule has 0 bridgehead atoms. The van der Waals surface area contributed by atoms with Gasteiger partial charge in [0.05, 0.1) is 17.6 Å². The Bertz CT molecular complexity index is 936. The van der Waals surface area contributed by atoms with Gasteiger partial charge in [0.2, 0.25) is 11.8 Å². The number of aromatic nitrogens is 2. The number of carbonyl (C=O) groups excluding carboxylic acids is 1. The van der Waals surface area contributed by atoms with Crippen LogP contribution >= 0.6 is 15.9 Å². The van der Waals surface area contributed by atoms with Crippen molar-refractivity contribution in [3.05, 3.63) is 57.7 Å². The van der Waals surface area contributed by atoms with Crippen LogP contribution in [0.15, 0.2) is 34.8 Å². The Morgan fingerprint density at radius 2 is 2.20 bits per heavy atom. The van der Waals surface area contributed by atoms with Crippen molar-refractivity contribution in [2.24, 2.45) is 0 Å². The first-order valence-corrected chi connectivity index (χ1v) is 10.6. The van der Waals surface area contributed by atoms with Crippen LogP contribution in [0.5, 0.6) is 5.88 Å². The maximum Gasteiger partial charge on any atom is 0.246 e. The fourth-order valence-electron chi connectivity index (χ4n) is 2.98. The summed E-state index contributed by atoms with van der Waals surface area (Å²) in [5.74, 6) is 1.00. The summed E-state index contributed by atoms with van der Waals surface area (Å²) in [5.41, 5.74) is 1.59. The Balaban J connectivity index is 1.56. The number of carbonyl (C=O) groups is 1. The molecule has 0 spiro atoms. The molecule has 1 fully saturated rings. The number of halogens is 2. The number of amides is 1. The van der Waals surface area contributed by atoms with Gasteiger partial charge < -0.3 is 14.4 Å². The second kappa shape index (κ2) is 10.1. The second-order valence-corrected chi connectivity index (χ2v) is 8.31. The largest absolute Gasteiger partial charge is 0.475 e. The Labute approximate surface area is 184 Å². The van der Waals surface area contributed by atoms with E-state index in [0.717, 1.165) is 17.1 Å². The molecule has 0 N–H and O–H groups in total. The highest BCUT2D eigenvalue weighted by Gasteiger charge is 2.24. The molecule has 0 saturated carbocycles. The van der Waals surface area contributed by atoms with Gasteiger partial charge in [0.15, 0.2) is 0 Å². The third-order valence-corrected chi connectivity index (χ3v) is 5.20. The van der Waals surface area contributed by atoms with E-state index in [0.29, 0.717) is 36.7 Å². The summed E-state index contributed by atoms with van der Waals surface area (Å²) < 4.78 is 25.3. The quantitative estimate of drug-likeness (QED) is 0.585. The molecule has 1 amide bonds. The molecule has 2 aromatic rings. The number of hydrogen-bond donors (Lipinski definition) is 0. The summed E-state index contributed by atoms with van der Waals surface area (Å²) in [6.07, 6.45) is 2.92. The van der Waals surface area contributed by atoms with Crippen LogP contribution in [0.4, 0.5) is 4.39 Å². The zero-order valence-electron chi connectivity index (χ0n) is 17.3. The molecule has 6 nitrogen and oxygen atoms in total. The molecule has 30 heavy (non-hydrogen) atoms. The lowest BCUT2D eigenvalue weighted by Gasteiger charge is -2.32. The molecule has 1 atom stereocenters. The van der Waals surface area contributed by atoms with Crippen LogP contribution in [-0.4, -0.2) is 53.2 Å². The number of morpholine rings is 1. The van der Waals surface area contributed by atoms with Crippen molar-refractivity contribution in [1.29, 1.82) is 0 Å². The smallest absolute Gasteiger partial charge is 0.246 e. The molecular formula is C22H25BrFN3O3. The first kappa shape index (κ1) is 22.4. The molecular weight excluding hydrogens is 453 g/mol. The molecule has 1 aliphatic rings. The van der Waals surface area contributed by atoms with E-state index in [4.69, 9.17) is 9.47 Å². The first-order valence-electron chi connectivity index (χ1n) is 9.84. The van der Waals surface area contributed by atoms with E-state index in [1.54, 1.807) is 29.2 Å². The van der Waals surface area contributed by atoms with Crippen molar-refractivity contribution >= 4 is 27.9 Å². The summed E-state index contributed by atoms with van der Waals surface area (Å²) in [5, 5.41) is 0. The average Bonchev–Trinajstić information content (AvgIpc) is 2.72. The predicted octanol–water partition coefficient (Wildman–Crippen LogP) is 4.13. The minimum atomic E-state index is -0.339. The lowest BCUT2D eigenvalue weighted by atomic mass is 10.2. The molecule has 1 aliphatic heterocycles. The Morgan fingerprint density at radius 1 is 1.40 bits per heavy atom. The van der Waals surface area contributed by atoms with Crippen LogP contribution in [0, 0.1) is 12.7 Å². The lowest BCUT2D eigenvalue weighted by Crippen LogP contribution is -2.47. The van der Waals surface area contributed by atoms with E-state index in [9.17, 15) is 9.18 Å². The fourth-order valence-corrected chi connectivity index (χ4v) is 3.38. The van der Waals surface area contributed by atoms with Gasteiger partial charge in [-0.15, -0.1) is 0 Å². The maximum atomic E-state index is 13.3. The summed E-state index contributed by atoms with van der Waals surface area (Å²) in [7, 11) is 0. The van der Waals surface area contributed by atoms with Gasteiger partial charge in [0.1, 0.15) is 24.4 Å². The minimum Gasteiger partial charge on any atom is -0.475 e.